The molecule has 8 nitrogen and oxygen atoms in total. The number of carbonyl (C=O) groups excluding carboxylic acids is 2. The summed E-state index contributed by atoms with van der Waals surface area (Å²) in [6.07, 6.45) is 7.86. The molecule has 4 rings (SSSR count). The number of rotatable bonds is 9. The zero-order valence-electron chi connectivity index (χ0n) is 24.4. The maximum atomic E-state index is 14.3. The minimum atomic E-state index is -0.752. The van der Waals surface area contributed by atoms with Crippen molar-refractivity contribution in [1.29, 1.82) is 0 Å². The first-order valence-corrected chi connectivity index (χ1v) is 15.3. The molecule has 1 heterocycles. The van der Waals surface area contributed by atoms with Crippen molar-refractivity contribution in [2.24, 2.45) is 40.5 Å². The van der Waals surface area contributed by atoms with Gasteiger partial charge in [-0.25, -0.2) is 4.39 Å². The molecule has 0 spiro atoms. The molecule has 0 aromatic carbocycles. The van der Waals surface area contributed by atoms with E-state index in [0.717, 1.165) is 63.9 Å². The number of nitrogens with zero attached hydrogens (tertiary/aromatic N) is 1. The molecular formula is C30H51FN4O4. The molecule has 3 fully saturated rings. The lowest BCUT2D eigenvalue weighted by molar-refractivity contribution is -0.131. The van der Waals surface area contributed by atoms with Crippen LogP contribution >= 0.6 is 0 Å². The molecule has 222 valence electrons. The van der Waals surface area contributed by atoms with Crippen LogP contribution in [0.5, 0.6) is 0 Å². The van der Waals surface area contributed by atoms with Crippen LogP contribution in [0.15, 0.2) is 4.99 Å². The van der Waals surface area contributed by atoms with Gasteiger partial charge in [0.25, 0.3) is 0 Å². The van der Waals surface area contributed by atoms with Crippen molar-refractivity contribution in [3.63, 3.8) is 0 Å². The largest absolute Gasteiger partial charge is 0.381 e. The van der Waals surface area contributed by atoms with Gasteiger partial charge in [0.15, 0.2) is 0 Å². The van der Waals surface area contributed by atoms with Gasteiger partial charge in [0.2, 0.25) is 11.8 Å². The van der Waals surface area contributed by atoms with Gasteiger partial charge in [0.1, 0.15) is 6.17 Å². The Morgan fingerprint density at radius 1 is 0.949 bits per heavy atom. The molecule has 9 heteroatoms. The number of nitrogens with one attached hydrogen (secondary N) is 3. The number of carbonyl (C=O) groups is 2. The first kappa shape index (κ1) is 30.2. The summed E-state index contributed by atoms with van der Waals surface area (Å²) in [6, 6.07) is -0.240. The van der Waals surface area contributed by atoms with Crippen LogP contribution in [-0.2, 0) is 19.1 Å². The highest BCUT2D eigenvalue weighted by Gasteiger charge is 2.47. The summed E-state index contributed by atoms with van der Waals surface area (Å²) in [7, 11) is 3.47. The predicted molar refractivity (Wildman–Crippen MR) is 150 cm³/mol. The Labute approximate surface area is 234 Å². The van der Waals surface area contributed by atoms with Crippen molar-refractivity contribution in [2.45, 2.75) is 102 Å². The van der Waals surface area contributed by atoms with E-state index in [2.05, 4.69) is 27.9 Å². The Kier molecular flexibility index (Phi) is 11.0. The zero-order valence-corrected chi connectivity index (χ0v) is 24.4. The molecule has 0 aromatic heterocycles. The van der Waals surface area contributed by atoms with E-state index in [4.69, 9.17) is 9.47 Å². The monoisotopic (exact) mass is 550 g/mol. The van der Waals surface area contributed by atoms with Gasteiger partial charge in [0.05, 0.1) is 24.0 Å². The van der Waals surface area contributed by atoms with Gasteiger partial charge < -0.3 is 25.4 Å². The van der Waals surface area contributed by atoms with Crippen LogP contribution in [0.3, 0.4) is 0 Å². The van der Waals surface area contributed by atoms with Crippen molar-refractivity contribution in [1.82, 2.24) is 16.0 Å². The first-order chi connectivity index (χ1) is 18.8. The Bertz CT molecular complexity index is 845. The third-order valence-electron chi connectivity index (χ3n) is 9.93. The molecular weight excluding hydrogens is 499 g/mol. The normalized spacial score (nSPS) is 39.1. The van der Waals surface area contributed by atoms with Crippen LogP contribution in [0.25, 0.3) is 0 Å². The van der Waals surface area contributed by atoms with Gasteiger partial charge in [-0.2, -0.15) is 0 Å². The van der Waals surface area contributed by atoms with E-state index in [-0.39, 0.29) is 53.7 Å². The number of aliphatic imine (C=N–C) groups is 1. The molecule has 39 heavy (non-hydrogen) atoms. The second-order valence-corrected chi connectivity index (χ2v) is 12.7. The zero-order chi connectivity index (χ0) is 27.9. The maximum Gasteiger partial charge on any atom is 0.225 e. The fourth-order valence-electron chi connectivity index (χ4n) is 7.94. The number of halogens is 1. The van der Waals surface area contributed by atoms with E-state index in [0.29, 0.717) is 37.6 Å². The quantitative estimate of drug-likeness (QED) is 0.407. The summed E-state index contributed by atoms with van der Waals surface area (Å²) in [5.41, 5.74) is 0. The van der Waals surface area contributed by atoms with E-state index in [1.165, 1.54) is 6.92 Å². The van der Waals surface area contributed by atoms with Crippen molar-refractivity contribution in [3.8, 4) is 0 Å². The van der Waals surface area contributed by atoms with E-state index in [9.17, 15) is 14.0 Å². The summed E-state index contributed by atoms with van der Waals surface area (Å²) in [5.74, 6) is 1.90. The molecule has 3 saturated carbocycles. The summed E-state index contributed by atoms with van der Waals surface area (Å²) >= 11 is 0. The topological polar surface area (TPSA) is 101 Å². The van der Waals surface area contributed by atoms with Gasteiger partial charge in [-0.05, 0) is 87.4 Å². The lowest BCUT2D eigenvalue weighted by Crippen LogP contribution is -2.57. The molecule has 9 atom stereocenters. The number of hydrogen-bond donors (Lipinski definition) is 3. The lowest BCUT2D eigenvalue weighted by Gasteiger charge is -2.48. The minimum Gasteiger partial charge on any atom is -0.381 e. The van der Waals surface area contributed by atoms with Crippen LogP contribution in [0.4, 0.5) is 4.39 Å². The van der Waals surface area contributed by atoms with Crippen LogP contribution in [0.2, 0.25) is 0 Å². The molecule has 2 amide bonds. The van der Waals surface area contributed by atoms with E-state index >= 15 is 0 Å². The second kappa shape index (κ2) is 14.2. The fraction of sp³-hybridized carbons (Fsp3) is 0.900. The van der Waals surface area contributed by atoms with E-state index in [1.54, 1.807) is 14.2 Å². The van der Waals surface area contributed by atoms with Crippen molar-refractivity contribution < 1.29 is 23.5 Å². The summed E-state index contributed by atoms with van der Waals surface area (Å²) in [6.45, 7) is 5.93. The highest BCUT2D eigenvalue weighted by molar-refractivity contribution is 5.83. The number of alkyl halides is 1. The van der Waals surface area contributed by atoms with E-state index in [1.807, 2.05) is 0 Å². The average Bonchev–Trinajstić information content (AvgIpc) is 3.44. The lowest BCUT2D eigenvalue weighted by atomic mass is 9.61. The highest BCUT2D eigenvalue weighted by atomic mass is 19.1. The van der Waals surface area contributed by atoms with Crippen LogP contribution in [0, 0.1) is 35.5 Å². The molecule has 9 unspecified atom stereocenters. The van der Waals surface area contributed by atoms with Crippen LogP contribution < -0.4 is 16.0 Å². The molecule has 0 radical (unpaired) electrons. The maximum absolute atomic E-state index is 14.3. The fourth-order valence-corrected chi connectivity index (χ4v) is 7.94. The molecule has 0 aromatic rings. The Balaban J connectivity index is 1.49. The van der Waals surface area contributed by atoms with Crippen molar-refractivity contribution in [2.75, 3.05) is 33.9 Å². The smallest absolute Gasteiger partial charge is 0.225 e. The number of methoxy groups -OCH3 is 2. The van der Waals surface area contributed by atoms with Gasteiger partial charge in [-0.1, -0.05) is 6.92 Å². The molecule has 3 aliphatic carbocycles. The predicted octanol–water partition coefficient (Wildman–Crippen LogP) is 3.64. The molecule has 0 bridgehead atoms. The van der Waals surface area contributed by atoms with Crippen molar-refractivity contribution >= 4 is 17.6 Å². The first-order valence-electron chi connectivity index (χ1n) is 15.3. The molecule has 0 saturated heterocycles. The van der Waals surface area contributed by atoms with Crippen molar-refractivity contribution in [3.05, 3.63) is 0 Å². The van der Waals surface area contributed by atoms with Crippen LogP contribution in [0.1, 0.15) is 78.1 Å². The SMILES string of the molecule is COC1CC(CNC(=O)C2CC(CNC3=NCCC3)CC(C3CCC(F)CC3C)C2NC(C)=O)CC(OC)C1. The average molecular weight is 551 g/mol. The number of amidine groups is 1. The molecule has 4 aliphatic rings. The van der Waals surface area contributed by atoms with Crippen LogP contribution in [-0.4, -0.2) is 75.9 Å². The van der Waals surface area contributed by atoms with Gasteiger partial charge in [-0.15, -0.1) is 0 Å². The number of hydrogen-bond acceptors (Lipinski definition) is 6. The second-order valence-electron chi connectivity index (χ2n) is 12.7. The number of amides is 2. The van der Waals surface area contributed by atoms with E-state index < -0.39 is 6.17 Å². The minimum absolute atomic E-state index is 0.0157. The molecule has 3 N–H and O–H groups in total. The van der Waals surface area contributed by atoms with Gasteiger partial charge in [-0.3, -0.25) is 14.6 Å². The standard InChI is InChI=1S/C30H51FN4O4/c1-18-10-22(31)7-8-25(18)26-13-21(16-33-28-6-5-9-32-28)14-27(29(26)35-19(2)36)30(37)34-17-20-11-23(38-3)15-24(12-20)39-4/h18,20-27,29H,5-17H2,1-4H3,(H,32,33)(H,34,37)(H,35,36). The third kappa shape index (κ3) is 8.15. The summed E-state index contributed by atoms with van der Waals surface area (Å²) < 4.78 is 25.5. The Hall–Kier alpha value is -1.74. The summed E-state index contributed by atoms with van der Waals surface area (Å²) in [4.78, 5) is 30.9. The molecule has 1 aliphatic heterocycles. The Morgan fingerprint density at radius 2 is 1.67 bits per heavy atom. The number of ether oxygens (including phenoxy) is 2. The van der Waals surface area contributed by atoms with Gasteiger partial charge >= 0.3 is 0 Å². The Morgan fingerprint density at radius 3 is 2.28 bits per heavy atom. The summed E-state index contributed by atoms with van der Waals surface area (Å²) in [5, 5.41) is 10.0. The highest BCUT2D eigenvalue weighted by Crippen LogP contribution is 2.45. The third-order valence-corrected chi connectivity index (χ3v) is 9.93. The van der Waals surface area contributed by atoms with Gasteiger partial charge in [0, 0.05) is 53.2 Å².